The van der Waals surface area contributed by atoms with Gasteiger partial charge in [0, 0.05) is 12.1 Å². The van der Waals surface area contributed by atoms with Crippen molar-refractivity contribution in [3.63, 3.8) is 0 Å². The lowest BCUT2D eigenvalue weighted by atomic mass is 10.1. The molecule has 1 rings (SSSR count). The minimum Gasteiger partial charge on any atom is -0.491 e. The standard InChI is InChI=1S/C16H26FN3O2.HI/c1-5-18-15(20-16(2,3)4)19-10-13(21)11-22-14-8-6-12(17)7-9-14;/h6-9,13,21H,5,10-11H2,1-4H3,(H2,18,19,20);1H. The van der Waals surface area contributed by atoms with Gasteiger partial charge in [0.1, 0.15) is 24.3 Å². The van der Waals surface area contributed by atoms with Crippen molar-refractivity contribution in [1.82, 2.24) is 10.6 Å². The van der Waals surface area contributed by atoms with Crippen LogP contribution in [0.2, 0.25) is 0 Å². The fourth-order valence-corrected chi connectivity index (χ4v) is 1.63. The zero-order chi connectivity index (χ0) is 16.6. The van der Waals surface area contributed by atoms with Crippen LogP contribution in [0.1, 0.15) is 27.7 Å². The van der Waals surface area contributed by atoms with Gasteiger partial charge in [-0.2, -0.15) is 0 Å². The molecule has 0 aliphatic carbocycles. The molecule has 1 aromatic rings. The Kier molecular flexibility index (Phi) is 10.1. The molecule has 0 fully saturated rings. The molecular formula is C16H27FIN3O2. The molecule has 0 bridgehead atoms. The van der Waals surface area contributed by atoms with E-state index in [9.17, 15) is 9.50 Å². The number of guanidine groups is 1. The highest BCUT2D eigenvalue weighted by atomic mass is 127. The number of hydrogen-bond acceptors (Lipinski definition) is 3. The Morgan fingerprint density at radius 3 is 2.43 bits per heavy atom. The number of hydrogen-bond donors (Lipinski definition) is 3. The quantitative estimate of drug-likeness (QED) is 0.362. The van der Waals surface area contributed by atoms with Gasteiger partial charge < -0.3 is 20.5 Å². The Morgan fingerprint density at radius 1 is 1.30 bits per heavy atom. The first-order valence-electron chi connectivity index (χ1n) is 7.43. The van der Waals surface area contributed by atoms with E-state index in [0.717, 1.165) is 6.54 Å². The summed E-state index contributed by atoms with van der Waals surface area (Å²) in [7, 11) is 0. The number of nitrogens with one attached hydrogen (secondary N) is 2. The van der Waals surface area contributed by atoms with Gasteiger partial charge in [0.25, 0.3) is 0 Å². The van der Waals surface area contributed by atoms with E-state index < -0.39 is 6.10 Å². The largest absolute Gasteiger partial charge is 0.491 e. The van der Waals surface area contributed by atoms with Gasteiger partial charge in [-0.1, -0.05) is 0 Å². The summed E-state index contributed by atoms with van der Waals surface area (Å²) in [6.07, 6.45) is -0.736. The van der Waals surface area contributed by atoms with Crippen molar-refractivity contribution < 1.29 is 14.2 Å². The van der Waals surface area contributed by atoms with Crippen molar-refractivity contribution >= 4 is 29.9 Å². The van der Waals surface area contributed by atoms with E-state index >= 15 is 0 Å². The molecule has 0 spiro atoms. The Bertz CT molecular complexity index is 475. The topological polar surface area (TPSA) is 65.9 Å². The lowest BCUT2D eigenvalue weighted by Crippen LogP contribution is -2.48. The summed E-state index contributed by atoms with van der Waals surface area (Å²) >= 11 is 0. The molecule has 3 N–H and O–H groups in total. The van der Waals surface area contributed by atoms with E-state index in [1.807, 2.05) is 27.7 Å². The third-order valence-electron chi connectivity index (χ3n) is 2.55. The van der Waals surface area contributed by atoms with E-state index in [0.29, 0.717) is 11.7 Å². The molecule has 0 amide bonds. The van der Waals surface area contributed by atoms with Crippen LogP contribution in [0.15, 0.2) is 29.3 Å². The molecule has 23 heavy (non-hydrogen) atoms. The maximum atomic E-state index is 12.8. The minimum atomic E-state index is -0.736. The predicted octanol–water partition coefficient (Wildman–Crippen LogP) is 2.54. The number of aliphatic hydroxyl groups excluding tert-OH is 1. The molecule has 1 unspecified atom stereocenters. The molecule has 132 valence electrons. The summed E-state index contributed by atoms with van der Waals surface area (Å²) in [5.41, 5.74) is -0.115. The molecule has 0 heterocycles. The van der Waals surface area contributed by atoms with E-state index in [-0.39, 0.29) is 48.5 Å². The number of rotatable bonds is 6. The van der Waals surface area contributed by atoms with E-state index in [1.54, 1.807) is 0 Å². The zero-order valence-corrected chi connectivity index (χ0v) is 16.4. The van der Waals surface area contributed by atoms with E-state index in [4.69, 9.17) is 4.74 Å². The summed E-state index contributed by atoms with van der Waals surface area (Å²) in [6.45, 7) is 9.14. The highest BCUT2D eigenvalue weighted by Crippen LogP contribution is 2.11. The maximum absolute atomic E-state index is 12.8. The third-order valence-corrected chi connectivity index (χ3v) is 2.55. The van der Waals surface area contributed by atoms with Gasteiger partial charge in [-0.05, 0) is 52.0 Å². The van der Waals surface area contributed by atoms with Crippen molar-refractivity contribution in [2.24, 2.45) is 4.99 Å². The van der Waals surface area contributed by atoms with Crippen LogP contribution in [0.5, 0.6) is 5.75 Å². The molecule has 0 aromatic heterocycles. The molecule has 5 nitrogen and oxygen atoms in total. The highest BCUT2D eigenvalue weighted by Gasteiger charge is 2.12. The van der Waals surface area contributed by atoms with Gasteiger partial charge in [0.2, 0.25) is 0 Å². The molecule has 0 radical (unpaired) electrons. The molecule has 7 heteroatoms. The van der Waals surface area contributed by atoms with Crippen molar-refractivity contribution in [1.29, 1.82) is 0 Å². The first kappa shape index (κ1) is 21.9. The molecule has 0 aliphatic rings. The number of ether oxygens (including phenoxy) is 1. The number of aliphatic imine (C=N–C) groups is 1. The monoisotopic (exact) mass is 439 g/mol. The Balaban J connectivity index is 0.00000484. The van der Waals surface area contributed by atoms with Crippen molar-refractivity contribution in [3.05, 3.63) is 30.1 Å². The van der Waals surface area contributed by atoms with Gasteiger partial charge in [-0.25, -0.2) is 4.39 Å². The average Bonchev–Trinajstić information content (AvgIpc) is 2.43. The van der Waals surface area contributed by atoms with Gasteiger partial charge in [0.05, 0.1) is 6.54 Å². The Morgan fingerprint density at radius 2 is 1.91 bits per heavy atom. The Labute approximate surface area is 154 Å². The van der Waals surface area contributed by atoms with Crippen molar-refractivity contribution in [3.8, 4) is 5.75 Å². The summed E-state index contributed by atoms with van der Waals surface area (Å²) in [5, 5.41) is 16.3. The summed E-state index contributed by atoms with van der Waals surface area (Å²) in [5.74, 6) is 0.848. The normalized spacial score (nSPS) is 13.0. The molecular weight excluding hydrogens is 412 g/mol. The summed E-state index contributed by atoms with van der Waals surface area (Å²) < 4.78 is 18.2. The highest BCUT2D eigenvalue weighted by molar-refractivity contribution is 14.0. The van der Waals surface area contributed by atoms with Gasteiger partial charge in [0.15, 0.2) is 5.96 Å². The second kappa shape index (κ2) is 10.6. The van der Waals surface area contributed by atoms with Crippen LogP contribution in [0.25, 0.3) is 0 Å². The van der Waals surface area contributed by atoms with Crippen LogP contribution in [0.4, 0.5) is 4.39 Å². The van der Waals surface area contributed by atoms with E-state index in [1.165, 1.54) is 24.3 Å². The van der Waals surface area contributed by atoms with Crippen LogP contribution in [0, 0.1) is 5.82 Å². The van der Waals surface area contributed by atoms with Crippen LogP contribution in [-0.2, 0) is 0 Å². The fraction of sp³-hybridized carbons (Fsp3) is 0.562. The summed E-state index contributed by atoms with van der Waals surface area (Å²) in [4.78, 5) is 4.33. The smallest absolute Gasteiger partial charge is 0.191 e. The molecule has 1 atom stereocenters. The molecule has 0 saturated carbocycles. The van der Waals surface area contributed by atoms with Crippen LogP contribution in [0.3, 0.4) is 0 Å². The number of aliphatic hydroxyl groups is 1. The zero-order valence-electron chi connectivity index (χ0n) is 14.1. The number of nitrogens with zero attached hydrogens (tertiary/aromatic N) is 1. The van der Waals surface area contributed by atoms with Crippen molar-refractivity contribution in [2.75, 3.05) is 19.7 Å². The van der Waals surface area contributed by atoms with Crippen LogP contribution >= 0.6 is 24.0 Å². The van der Waals surface area contributed by atoms with E-state index in [2.05, 4.69) is 15.6 Å². The number of benzene rings is 1. The lowest BCUT2D eigenvalue weighted by molar-refractivity contribution is 0.114. The molecule has 0 aliphatic heterocycles. The fourth-order valence-electron chi connectivity index (χ4n) is 1.63. The third kappa shape index (κ3) is 10.3. The average molecular weight is 439 g/mol. The Hall–Kier alpha value is -1.09. The van der Waals surface area contributed by atoms with Crippen molar-refractivity contribution in [2.45, 2.75) is 39.3 Å². The lowest BCUT2D eigenvalue weighted by Gasteiger charge is -2.24. The van der Waals surface area contributed by atoms with Crippen LogP contribution in [-0.4, -0.2) is 42.4 Å². The second-order valence-corrected chi connectivity index (χ2v) is 6.01. The second-order valence-electron chi connectivity index (χ2n) is 6.01. The first-order chi connectivity index (χ1) is 10.3. The van der Waals surface area contributed by atoms with Gasteiger partial charge >= 0.3 is 0 Å². The van der Waals surface area contributed by atoms with Gasteiger partial charge in [-0.3, -0.25) is 4.99 Å². The number of halogens is 2. The first-order valence-corrected chi connectivity index (χ1v) is 7.43. The van der Waals surface area contributed by atoms with Crippen LogP contribution < -0.4 is 15.4 Å². The molecule has 1 aromatic carbocycles. The van der Waals surface area contributed by atoms with Gasteiger partial charge in [-0.15, -0.1) is 24.0 Å². The molecule has 0 saturated heterocycles. The SMILES string of the molecule is CCNC(=NCC(O)COc1ccc(F)cc1)NC(C)(C)C.I. The minimum absolute atomic E-state index is 0. The summed E-state index contributed by atoms with van der Waals surface area (Å²) in [6, 6.07) is 5.68. The predicted molar refractivity (Wildman–Crippen MR) is 102 cm³/mol. The maximum Gasteiger partial charge on any atom is 0.191 e.